The highest BCUT2D eigenvalue weighted by molar-refractivity contribution is 7.90. The first-order valence-electron chi connectivity index (χ1n) is 11.6. The van der Waals surface area contributed by atoms with Crippen molar-refractivity contribution in [2.75, 3.05) is 32.8 Å². The van der Waals surface area contributed by atoms with Gasteiger partial charge >= 0.3 is 6.09 Å². The van der Waals surface area contributed by atoms with Gasteiger partial charge in [-0.2, -0.15) is 4.31 Å². The molecule has 0 N–H and O–H groups in total. The lowest BCUT2D eigenvalue weighted by molar-refractivity contribution is 0.0675. The minimum atomic E-state index is -3.56. The number of halogens is 1. The predicted octanol–water partition coefficient (Wildman–Crippen LogP) is 3.32. The molecule has 4 atom stereocenters. The van der Waals surface area contributed by atoms with Crippen LogP contribution in [0.1, 0.15) is 51.9 Å². The van der Waals surface area contributed by atoms with Crippen molar-refractivity contribution in [1.82, 2.24) is 14.1 Å². The van der Waals surface area contributed by atoms with Gasteiger partial charge in [0.2, 0.25) is 10.0 Å². The van der Waals surface area contributed by atoms with E-state index in [-0.39, 0.29) is 24.8 Å². The zero-order valence-electron chi connectivity index (χ0n) is 18.3. The summed E-state index contributed by atoms with van der Waals surface area (Å²) >= 11 is 5.97. The van der Waals surface area contributed by atoms with E-state index < -0.39 is 15.3 Å². The molecule has 2 unspecified atom stereocenters. The third-order valence-corrected chi connectivity index (χ3v) is 9.76. The summed E-state index contributed by atoms with van der Waals surface area (Å²) in [7, 11) is -3.56. The van der Waals surface area contributed by atoms with E-state index in [4.69, 9.17) is 16.3 Å². The summed E-state index contributed by atoms with van der Waals surface area (Å²) in [5.74, 6) is 0. The Hall–Kier alpha value is -1.09. The molecule has 0 aromatic heterocycles. The molecule has 1 aliphatic carbocycles. The molecule has 3 heterocycles. The Morgan fingerprint density at radius 3 is 2.65 bits per heavy atom. The van der Waals surface area contributed by atoms with Crippen LogP contribution >= 0.6 is 11.6 Å². The standard InChI is InChI=1S/C22H34ClN3O4S/c1-17-5-4-6-20(26(17)31(28,29)21-9-7-18(23)8-10-21)16-30-22(27)25-14-11-19(15-25)24-12-2-3-13-24/h7-9,17,19-21H,2-6,10-16H2,1H3/t17-,19?,20-,21?/m1/s1. The fraction of sp³-hybridized carbons (Fsp3) is 0.773. The monoisotopic (exact) mass is 471 g/mol. The topological polar surface area (TPSA) is 70.2 Å². The fourth-order valence-electron chi connectivity index (χ4n) is 5.40. The minimum Gasteiger partial charge on any atom is -0.448 e. The van der Waals surface area contributed by atoms with E-state index >= 15 is 0 Å². The highest BCUT2D eigenvalue weighted by atomic mass is 35.5. The van der Waals surface area contributed by atoms with Crippen LogP contribution in [0.15, 0.2) is 23.3 Å². The molecule has 31 heavy (non-hydrogen) atoms. The lowest BCUT2D eigenvalue weighted by Gasteiger charge is -2.40. The number of rotatable bonds is 5. The van der Waals surface area contributed by atoms with E-state index in [0.29, 0.717) is 37.0 Å². The number of carbonyl (C=O) groups excluding carboxylic acids is 1. The first-order chi connectivity index (χ1) is 14.9. The molecule has 3 fully saturated rings. The number of amides is 1. The molecule has 7 nitrogen and oxygen atoms in total. The Kier molecular flexibility index (Phi) is 7.30. The summed E-state index contributed by atoms with van der Waals surface area (Å²) in [6.07, 6.45) is 11.1. The first kappa shape index (κ1) is 23.1. The minimum absolute atomic E-state index is 0.108. The number of carbonyl (C=O) groups is 1. The van der Waals surface area contributed by atoms with E-state index in [1.165, 1.54) is 12.8 Å². The molecule has 9 heteroatoms. The van der Waals surface area contributed by atoms with Gasteiger partial charge in [0.05, 0.1) is 11.3 Å². The van der Waals surface area contributed by atoms with Gasteiger partial charge in [-0.05, 0) is 64.6 Å². The molecule has 4 aliphatic rings. The lowest BCUT2D eigenvalue weighted by atomic mass is 10.0. The van der Waals surface area contributed by atoms with Crippen molar-refractivity contribution in [3.05, 3.63) is 23.3 Å². The first-order valence-corrected chi connectivity index (χ1v) is 13.5. The average Bonchev–Trinajstić information content (AvgIpc) is 3.44. The van der Waals surface area contributed by atoms with Crippen LogP contribution in [0.25, 0.3) is 0 Å². The van der Waals surface area contributed by atoms with Gasteiger partial charge in [-0.25, -0.2) is 13.2 Å². The SMILES string of the molecule is C[C@@H]1CCC[C@H](COC(=O)N2CCC(N3CCCC3)C2)N1S(=O)(=O)C1C=CC(Cl)=CC1. The predicted molar refractivity (Wildman–Crippen MR) is 121 cm³/mol. The molecule has 3 aliphatic heterocycles. The van der Waals surface area contributed by atoms with Crippen molar-refractivity contribution >= 4 is 27.7 Å². The van der Waals surface area contributed by atoms with Gasteiger partial charge in [0.15, 0.2) is 0 Å². The van der Waals surface area contributed by atoms with Gasteiger partial charge in [0.1, 0.15) is 6.61 Å². The highest BCUT2D eigenvalue weighted by Crippen LogP contribution is 2.31. The fourth-order valence-corrected chi connectivity index (χ4v) is 7.68. The van der Waals surface area contributed by atoms with Crippen LogP contribution in [-0.4, -0.2) is 84.8 Å². The van der Waals surface area contributed by atoms with E-state index in [0.717, 1.165) is 32.4 Å². The molecule has 0 aromatic rings. The summed E-state index contributed by atoms with van der Waals surface area (Å²) in [5.41, 5.74) is 0. The molecule has 0 radical (unpaired) electrons. The van der Waals surface area contributed by atoms with Crippen LogP contribution in [0.2, 0.25) is 0 Å². The number of nitrogens with zero attached hydrogens (tertiary/aromatic N) is 3. The van der Waals surface area contributed by atoms with Gasteiger partial charge in [-0.15, -0.1) is 0 Å². The van der Waals surface area contributed by atoms with Crippen LogP contribution in [0, 0.1) is 0 Å². The lowest BCUT2D eigenvalue weighted by Crippen LogP contribution is -2.53. The molecule has 0 bridgehead atoms. The van der Waals surface area contributed by atoms with Gasteiger partial charge in [0, 0.05) is 30.2 Å². The van der Waals surface area contributed by atoms with Crippen molar-refractivity contribution in [2.24, 2.45) is 0 Å². The molecule has 4 rings (SSSR count). The molecule has 0 aromatic carbocycles. The Morgan fingerprint density at radius 1 is 1.16 bits per heavy atom. The Labute approximate surface area is 191 Å². The van der Waals surface area contributed by atoms with Crippen LogP contribution in [0.5, 0.6) is 0 Å². The summed E-state index contributed by atoms with van der Waals surface area (Å²) in [6.45, 7) is 5.72. The molecule has 1 amide bonds. The summed E-state index contributed by atoms with van der Waals surface area (Å²) in [4.78, 5) is 17.0. The number of likely N-dealkylation sites (tertiary alicyclic amines) is 2. The van der Waals surface area contributed by atoms with E-state index in [2.05, 4.69) is 4.90 Å². The number of hydrogen-bond donors (Lipinski definition) is 0. The van der Waals surface area contributed by atoms with Crippen molar-refractivity contribution in [2.45, 2.75) is 75.2 Å². The molecular weight excluding hydrogens is 438 g/mol. The number of piperidine rings is 1. The van der Waals surface area contributed by atoms with Gasteiger partial charge in [-0.1, -0.05) is 30.2 Å². The van der Waals surface area contributed by atoms with Crippen LogP contribution < -0.4 is 0 Å². The van der Waals surface area contributed by atoms with Crippen LogP contribution in [-0.2, 0) is 14.8 Å². The largest absolute Gasteiger partial charge is 0.448 e. The van der Waals surface area contributed by atoms with Crippen molar-refractivity contribution < 1.29 is 17.9 Å². The molecule has 0 spiro atoms. The number of ether oxygens (including phenoxy) is 1. The Balaban J connectivity index is 1.36. The van der Waals surface area contributed by atoms with Crippen LogP contribution in [0.3, 0.4) is 0 Å². The van der Waals surface area contributed by atoms with Crippen molar-refractivity contribution in [3.8, 4) is 0 Å². The van der Waals surface area contributed by atoms with Crippen LogP contribution in [0.4, 0.5) is 4.79 Å². The third-order valence-electron chi connectivity index (χ3n) is 7.12. The third kappa shape index (κ3) is 5.13. The molecular formula is C22H34ClN3O4S. The smallest absolute Gasteiger partial charge is 0.409 e. The summed E-state index contributed by atoms with van der Waals surface area (Å²) in [6, 6.07) is 0.00706. The number of allylic oxidation sites excluding steroid dienone is 3. The number of hydrogen-bond acceptors (Lipinski definition) is 5. The highest BCUT2D eigenvalue weighted by Gasteiger charge is 2.41. The van der Waals surface area contributed by atoms with E-state index in [9.17, 15) is 13.2 Å². The van der Waals surface area contributed by atoms with Crippen molar-refractivity contribution in [3.63, 3.8) is 0 Å². The second kappa shape index (κ2) is 9.81. The zero-order chi connectivity index (χ0) is 22.0. The Morgan fingerprint density at radius 2 is 1.94 bits per heavy atom. The zero-order valence-corrected chi connectivity index (χ0v) is 19.9. The van der Waals surface area contributed by atoms with Gasteiger partial charge in [0.25, 0.3) is 0 Å². The molecule has 3 saturated heterocycles. The quantitative estimate of drug-likeness (QED) is 0.615. The number of sulfonamides is 1. The van der Waals surface area contributed by atoms with Gasteiger partial charge in [-0.3, -0.25) is 4.90 Å². The summed E-state index contributed by atoms with van der Waals surface area (Å²) in [5, 5.41) is -0.0463. The maximum atomic E-state index is 13.4. The van der Waals surface area contributed by atoms with E-state index in [1.807, 2.05) is 6.92 Å². The van der Waals surface area contributed by atoms with Crippen molar-refractivity contribution in [1.29, 1.82) is 0 Å². The van der Waals surface area contributed by atoms with E-state index in [1.54, 1.807) is 27.4 Å². The Bertz CT molecular complexity index is 825. The van der Waals surface area contributed by atoms with Gasteiger partial charge < -0.3 is 9.64 Å². The second-order valence-electron chi connectivity index (χ2n) is 9.24. The maximum absolute atomic E-state index is 13.4. The molecule has 0 saturated carbocycles. The second-order valence-corrected chi connectivity index (χ2v) is 11.7. The maximum Gasteiger partial charge on any atom is 0.409 e. The molecule has 174 valence electrons. The normalized spacial score (nSPS) is 33.0. The average molecular weight is 472 g/mol. The summed E-state index contributed by atoms with van der Waals surface area (Å²) < 4.78 is 34.1.